The van der Waals surface area contributed by atoms with Gasteiger partial charge in [-0.05, 0) is 77.5 Å². The fraction of sp³-hybridized carbons (Fsp3) is 0.405. The lowest BCUT2D eigenvalue weighted by molar-refractivity contribution is -0.204. The van der Waals surface area contributed by atoms with Crippen LogP contribution < -0.4 is 0 Å². The van der Waals surface area contributed by atoms with Gasteiger partial charge in [-0.2, -0.15) is 0 Å². The Morgan fingerprint density at radius 2 is 1.32 bits per heavy atom. The van der Waals surface area contributed by atoms with Crippen LogP contribution >= 0.6 is 8.60 Å². The van der Waals surface area contributed by atoms with Gasteiger partial charge in [0.2, 0.25) is 5.79 Å². The molecule has 1 saturated heterocycles. The average molecular weight is 569 g/mol. The quantitative estimate of drug-likeness (QED) is 0.287. The molecule has 1 heterocycles. The second kappa shape index (κ2) is 10.9. The number of hydrogen-bond donors (Lipinski definition) is 0. The van der Waals surface area contributed by atoms with Crippen LogP contribution in [-0.4, -0.2) is 5.79 Å². The maximum Gasteiger partial charge on any atom is 0.339 e. The van der Waals surface area contributed by atoms with E-state index in [1.807, 2.05) is 36.4 Å². The smallest absolute Gasteiger partial charge is 0.299 e. The van der Waals surface area contributed by atoms with Gasteiger partial charge in [0.15, 0.2) is 0 Å². The molecule has 0 bridgehead atoms. The van der Waals surface area contributed by atoms with Crippen molar-refractivity contribution in [1.29, 1.82) is 0 Å². The fourth-order valence-corrected chi connectivity index (χ4v) is 7.36. The van der Waals surface area contributed by atoms with Gasteiger partial charge >= 0.3 is 8.60 Å². The molecule has 0 N–H and O–H groups in total. The van der Waals surface area contributed by atoms with E-state index in [1.54, 1.807) is 0 Å². The van der Waals surface area contributed by atoms with Crippen molar-refractivity contribution in [3.8, 4) is 0 Å². The third-order valence-corrected chi connectivity index (χ3v) is 9.92. The van der Waals surface area contributed by atoms with Crippen LogP contribution in [0, 0.1) is 25.2 Å². The van der Waals surface area contributed by atoms with Crippen molar-refractivity contribution in [2.45, 2.75) is 86.5 Å². The Balaban J connectivity index is 1.59. The monoisotopic (exact) mass is 568 g/mol. The Bertz CT molecular complexity index is 1430. The van der Waals surface area contributed by atoms with Crippen molar-refractivity contribution in [3.05, 3.63) is 123 Å². The van der Waals surface area contributed by atoms with Crippen LogP contribution in [0.5, 0.6) is 0 Å². The van der Waals surface area contributed by atoms with Gasteiger partial charge < -0.3 is 0 Å². The van der Waals surface area contributed by atoms with Crippen molar-refractivity contribution in [3.63, 3.8) is 0 Å². The number of benzene rings is 3. The van der Waals surface area contributed by atoms with Gasteiger partial charge in [-0.25, -0.2) is 0 Å². The molecule has 5 rings (SSSR count). The molecule has 0 unspecified atom stereocenters. The minimum Gasteiger partial charge on any atom is -0.299 e. The van der Waals surface area contributed by atoms with Gasteiger partial charge in [0.05, 0.1) is 0 Å². The molecule has 1 fully saturated rings. The summed E-state index contributed by atoms with van der Waals surface area (Å²) in [5.41, 5.74) is 10.8. The van der Waals surface area contributed by atoms with E-state index in [0.29, 0.717) is 0 Å². The van der Waals surface area contributed by atoms with E-state index in [2.05, 4.69) is 112 Å². The van der Waals surface area contributed by atoms with E-state index < -0.39 is 14.4 Å². The number of rotatable bonds is 5. The standard InChI is InChI=1S/C37H45O3P/c1-24-21-30(35(5,6)7)23-31(26(24)3)33-27(4)25(2)22-32(36(8,9)10)37(33)39-41(40-37)38-34(28-17-13-11-14-18-28)29-19-15-12-16-20-29/h11-23,32,34H,1-10H3/t32-,37?,41?/m0/s1. The molecular formula is C37H45O3P. The largest absolute Gasteiger partial charge is 0.339 e. The Morgan fingerprint density at radius 1 is 0.780 bits per heavy atom. The maximum atomic E-state index is 7.00. The number of hydrogen-bond acceptors (Lipinski definition) is 3. The second-order valence-corrected chi connectivity index (χ2v) is 14.8. The molecule has 1 aliphatic carbocycles. The van der Waals surface area contributed by atoms with Gasteiger partial charge in [0.25, 0.3) is 0 Å². The van der Waals surface area contributed by atoms with Crippen LogP contribution in [0.4, 0.5) is 0 Å². The molecule has 1 atom stereocenters. The Morgan fingerprint density at radius 3 is 1.80 bits per heavy atom. The topological polar surface area (TPSA) is 27.7 Å². The SMILES string of the molecule is CC1=C[C@@H](C(C)(C)C)C2(OP(OC(c3ccccc3)c3ccccc3)O2)C(c2cc(C(C)(C)C)cc(C)c2C)=C1C. The highest BCUT2D eigenvalue weighted by Crippen LogP contribution is 2.70. The normalized spacial score (nSPS) is 23.1. The summed E-state index contributed by atoms with van der Waals surface area (Å²) in [4.78, 5) is 0. The first-order chi connectivity index (χ1) is 19.2. The lowest BCUT2D eigenvalue weighted by Gasteiger charge is -2.56. The molecule has 0 saturated carbocycles. The van der Waals surface area contributed by atoms with E-state index >= 15 is 0 Å². The number of allylic oxidation sites excluding steroid dienone is 2. The summed E-state index contributed by atoms with van der Waals surface area (Å²) in [5.74, 6) is -0.903. The molecule has 1 spiro atoms. The van der Waals surface area contributed by atoms with Crippen LogP contribution in [0.25, 0.3) is 5.57 Å². The third kappa shape index (κ3) is 5.63. The molecule has 3 aromatic carbocycles. The lowest BCUT2D eigenvalue weighted by atomic mass is 9.66. The van der Waals surface area contributed by atoms with E-state index in [4.69, 9.17) is 13.6 Å². The average Bonchev–Trinajstić information content (AvgIpc) is 2.89. The highest BCUT2D eigenvalue weighted by Gasteiger charge is 2.62. The van der Waals surface area contributed by atoms with Crippen molar-refractivity contribution in [1.82, 2.24) is 0 Å². The highest BCUT2D eigenvalue weighted by molar-refractivity contribution is 7.43. The van der Waals surface area contributed by atoms with Crippen molar-refractivity contribution in [2.24, 2.45) is 11.3 Å². The summed E-state index contributed by atoms with van der Waals surface area (Å²) < 4.78 is 20.7. The van der Waals surface area contributed by atoms with Crippen molar-refractivity contribution in [2.75, 3.05) is 0 Å². The van der Waals surface area contributed by atoms with Gasteiger partial charge in [-0.1, -0.05) is 126 Å². The van der Waals surface area contributed by atoms with Gasteiger partial charge in [-0.15, -0.1) is 0 Å². The molecule has 1 aliphatic heterocycles. The minimum absolute atomic E-state index is 0.0148. The second-order valence-electron chi connectivity index (χ2n) is 13.8. The first-order valence-electron chi connectivity index (χ1n) is 14.7. The molecule has 0 radical (unpaired) electrons. The van der Waals surface area contributed by atoms with Crippen LogP contribution in [0.15, 0.2) is 90.0 Å². The molecule has 3 nitrogen and oxygen atoms in total. The van der Waals surface area contributed by atoms with Crippen LogP contribution in [0.1, 0.15) is 94.9 Å². The number of aryl methyl sites for hydroxylation is 1. The first kappa shape index (κ1) is 29.9. The summed E-state index contributed by atoms with van der Waals surface area (Å²) >= 11 is 0. The molecule has 216 valence electrons. The van der Waals surface area contributed by atoms with E-state index in [-0.39, 0.29) is 22.9 Å². The van der Waals surface area contributed by atoms with Crippen LogP contribution in [0.2, 0.25) is 0 Å². The Hall–Kier alpha value is -2.55. The molecular weight excluding hydrogens is 523 g/mol. The first-order valence-corrected chi connectivity index (χ1v) is 15.8. The molecule has 2 aliphatic rings. The summed E-state index contributed by atoms with van der Waals surface area (Å²) in [6, 6.07) is 25.4. The van der Waals surface area contributed by atoms with Crippen molar-refractivity contribution >= 4 is 14.2 Å². The molecule has 0 aromatic heterocycles. The fourth-order valence-electron chi connectivity index (χ4n) is 5.99. The predicted molar refractivity (Wildman–Crippen MR) is 172 cm³/mol. The zero-order chi connectivity index (χ0) is 29.7. The summed E-state index contributed by atoms with van der Waals surface area (Å²) in [6.07, 6.45) is 2.07. The molecule has 41 heavy (non-hydrogen) atoms. The van der Waals surface area contributed by atoms with Crippen LogP contribution in [-0.2, 0) is 19.0 Å². The summed E-state index contributed by atoms with van der Waals surface area (Å²) in [5, 5.41) is 0. The van der Waals surface area contributed by atoms with Gasteiger partial charge in [0.1, 0.15) is 6.10 Å². The minimum atomic E-state index is -1.59. The zero-order valence-corrected chi connectivity index (χ0v) is 27.2. The summed E-state index contributed by atoms with van der Waals surface area (Å²) in [6.45, 7) is 22.5. The maximum absolute atomic E-state index is 7.00. The zero-order valence-electron chi connectivity index (χ0n) is 26.3. The third-order valence-electron chi connectivity index (χ3n) is 8.69. The Kier molecular flexibility index (Phi) is 7.98. The Labute approximate surface area is 248 Å². The molecule has 0 amide bonds. The van der Waals surface area contributed by atoms with Gasteiger partial charge in [0, 0.05) is 11.5 Å². The summed E-state index contributed by atoms with van der Waals surface area (Å²) in [7, 11) is -1.59. The van der Waals surface area contributed by atoms with Gasteiger partial charge in [-0.3, -0.25) is 13.6 Å². The highest BCUT2D eigenvalue weighted by atomic mass is 31.2. The lowest BCUT2D eigenvalue weighted by Crippen LogP contribution is -2.54. The van der Waals surface area contributed by atoms with Crippen molar-refractivity contribution < 1.29 is 13.6 Å². The predicted octanol–water partition coefficient (Wildman–Crippen LogP) is 10.8. The van der Waals surface area contributed by atoms with E-state index in [1.165, 1.54) is 33.4 Å². The van der Waals surface area contributed by atoms with Crippen LogP contribution in [0.3, 0.4) is 0 Å². The molecule has 3 aromatic rings. The van der Waals surface area contributed by atoms with E-state index in [9.17, 15) is 0 Å². The van der Waals surface area contributed by atoms with E-state index in [0.717, 1.165) is 16.7 Å². The molecule has 4 heteroatoms.